The number of carboxylic acids is 1. The average Bonchev–Trinajstić information content (AvgIpc) is 3.25. The minimum absolute atomic E-state index is 0.0237. The molecule has 0 amide bonds. The third kappa shape index (κ3) is 4.18. The van der Waals surface area contributed by atoms with Gasteiger partial charge in [-0.25, -0.2) is 17.9 Å². The lowest BCUT2D eigenvalue weighted by Crippen LogP contribution is -2.35. The smallest absolute Gasteiger partial charge is 0.335 e. The van der Waals surface area contributed by atoms with E-state index >= 15 is 0 Å². The monoisotopic (exact) mass is 427 g/mol. The maximum absolute atomic E-state index is 12.0. The summed E-state index contributed by atoms with van der Waals surface area (Å²) in [5.41, 5.74) is 2.17. The minimum Gasteiger partial charge on any atom is -0.478 e. The van der Waals surface area contributed by atoms with Crippen LogP contribution in [0.15, 0.2) is 48.8 Å². The lowest BCUT2D eigenvalue weighted by Gasteiger charge is -2.31. The highest BCUT2D eigenvalue weighted by Crippen LogP contribution is 2.29. The highest BCUT2D eigenvalue weighted by atomic mass is 32.2. The summed E-state index contributed by atoms with van der Waals surface area (Å²) in [5.74, 6) is -1.05. The molecule has 0 aliphatic heterocycles. The molecule has 1 saturated carbocycles. The minimum atomic E-state index is -2.76. The molecule has 1 fully saturated rings. The van der Waals surface area contributed by atoms with Gasteiger partial charge < -0.3 is 5.11 Å². The van der Waals surface area contributed by atoms with E-state index in [1.165, 1.54) is 27.3 Å². The molecule has 1 aliphatic rings. The number of aromatic carboxylic acids is 1. The highest BCUT2D eigenvalue weighted by molar-refractivity contribution is 7.74. The summed E-state index contributed by atoms with van der Waals surface area (Å²) in [6.45, 7) is 0. The fourth-order valence-electron chi connectivity index (χ4n) is 3.75. The number of rotatable bonds is 6. The van der Waals surface area contributed by atoms with Crippen LogP contribution in [0, 0.1) is 0 Å². The number of benzene rings is 1. The number of nitrogens with zero attached hydrogens (tertiary/aromatic N) is 5. The number of anilines is 1. The Morgan fingerprint density at radius 1 is 1.10 bits per heavy atom. The zero-order chi connectivity index (χ0) is 21.1. The molecule has 0 spiro atoms. The lowest BCUT2D eigenvalue weighted by molar-refractivity contribution is 0.0696. The quantitative estimate of drug-likeness (QED) is 0.581. The Bertz CT molecular complexity index is 1130. The van der Waals surface area contributed by atoms with Crippen molar-refractivity contribution in [2.24, 2.45) is 0 Å². The van der Waals surface area contributed by atoms with Gasteiger partial charge in [0.1, 0.15) is 5.69 Å². The van der Waals surface area contributed by atoms with Crippen LogP contribution in [-0.2, 0) is 10.9 Å². The molecule has 2 aromatic heterocycles. The van der Waals surface area contributed by atoms with Crippen molar-refractivity contribution < 1.29 is 18.3 Å². The molecule has 156 valence electrons. The van der Waals surface area contributed by atoms with E-state index in [2.05, 4.69) is 15.3 Å². The number of aromatic nitrogens is 4. The number of thiol groups is 1. The van der Waals surface area contributed by atoms with Crippen molar-refractivity contribution in [1.82, 2.24) is 20.0 Å². The van der Waals surface area contributed by atoms with Gasteiger partial charge in [-0.15, -0.1) is 5.10 Å². The third-order valence-corrected chi connectivity index (χ3v) is 6.13. The van der Waals surface area contributed by atoms with Crippen LogP contribution in [0.3, 0.4) is 0 Å². The Morgan fingerprint density at radius 2 is 1.90 bits per heavy atom. The van der Waals surface area contributed by atoms with Crippen molar-refractivity contribution in [3.8, 4) is 17.1 Å². The maximum Gasteiger partial charge on any atom is 0.335 e. The van der Waals surface area contributed by atoms with Crippen molar-refractivity contribution in [3.05, 3.63) is 54.4 Å². The van der Waals surface area contributed by atoms with Gasteiger partial charge in [-0.2, -0.15) is 0 Å². The first-order valence-corrected chi connectivity index (χ1v) is 10.8. The Labute approximate surface area is 175 Å². The molecule has 0 atom stereocenters. The molecule has 0 saturated heterocycles. The predicted octanol–water partition coefficient (Wildman–Crippen LogP) is 2.69. The van der Waals surface area contributed by atoms with E-state index in [0.29, 0.717) is 22.8 Å². The van der Waals surface area contributed by atoms with Crippen LogP contribution < -0.4 is 4.31 Å². The number of pyridine rings is 1. The van der Waals surface area contributed by atoms with Crippen molar-refractivity contribution in [2.75, 3.05) is 4.31 Å². The molecule has 30 heavy (non-hydrogen) atoms. The average molecular weight is 427 g/mol. The van der Waals surface area contributed by atoms with Crippen LogP contribution in [0.2, 0.25) is 0 Å². The van der Waals surface area contributed by atoms with Gasteiger partial charge in [-0.05, 0) is 43.2 Å². The first-order chi connectivity index (χ1) is 14.5. The summed E-state index contributed by atoms with van der Waals surface area (Å²) >= 11 is 0. The molecule has 4 rings (SSSR count). The van der Waals surface area contributed by atoms with Gasteiger partial charge >= 0.3 is 5.97 Å². The Balaban J connectivity index is 1.64. The SMILES string of the molecule is O=C(O)c1ccnc(-c2cn(-c3cccc(N(C4CCCCC4)[SH](=O)=O)c3)nn2)c1. The Kier molecular flexibility index (Phi) is 5.75. The molecule has 3 aromatic rings. The maximum atomic E-state index is 12.0. The highest BCUT2D eigenvalue weighted by Gasteiger charge is 2.24. The first-order valence-electron chi connectivity index (χ1n) is 9.69. The molecule has 0 radical (unpaired) electrons. The fourth-order valence-corrected chi connectivity index (χ4v) is 4.56. The zero-order valence-electron chi connectivity index (χ0n) is 16.1. The second-order valence-electron chi connectivity index (χ2n) is 7.18. The Hall–Kier alpha value is -3.27. The fraction of sp³-hybridized carbons (Fsp3) is 0.300. The summed E-state index contributed by atoms with van der Waals surface area (Å²) in [5, 5.41) is 17.3. The molecule has 1 N–H and O–H groups in total. The molecule has 10 heteroatoms. The number of hydrogen-bond donors (Lipinski definition) is 2. The molecule has 1 aliphatic carbocycles. The van der Waals surface area contributed by atoms with Gasteiger partial charge in [0.05, 0.1) is 28.8 Å². The van der Waals surface area contributed by atoms with Crippen molar-refractivity contribution >= 4 is 22.5 Å². The standard InChI is InChI=1S/C20H21N5O4S/c26-20(27)14-9-10-21-18(11-14)19-13-24(23-22-19)16-7-4-8-17(12-16)25(30(28)29)15-5-2-1-3-6-15/h4,7-13,15,30H,1-3,5-6H2,(H,26,27). The van der Waals surface area contributed by atoms with E-state index in [4.69, 9.17) is 5.11 Å². The first kappa shape index (κ1) is 20.0. The number of hydrogen-bond acceptors (Lipinski definition) is 6. The second kappa shape index (κ2) is 8.62. The van der Waals surface area contributed by atoms with Gasteiger partial charge in [0.15, 0.2) is 0 Å². The van der Waals surface area contributed by atoms with E-state index in [-0.39, 0.29) is 11.6 Å². The molecule has 2 heterocycles. The van der Waals surface area contributed by atoms with E-state index in [1.54, 1.807) is 30.5 Å². The summed E-state index contributed by atoms with van der Waals surface area (Å²) in [6.07, 6.45) is 7.94. The molecule has 0 bridgehead atoms. The predicted molar refractivity (Wildman–Crippen MR) is 111 cm³/mol. The summed E-state index contributed by atoms with van der Waals surface area (Å²) in [7, 11) is -2.76. The molecule has 1 aromatic carbocycles. The molecule has 0 unspecified atom stereocenters. The van der Waals surface area contributed by atoms with Crippen LogP contribution in [0.4, 0.5) is 5.69 Å². The van der Waals surface area contributed by atoms with Crippen molar-refractivity contribution in [2.45, 2.75) is 38.1 Å². The lowest BCUT2D eigenvalue weighted by atomic mass is 9.95. The second-order valence-corrected chi connectivity index (χ2v) is 8.08. The Morgan fingerprint density at radius 3 is 2.63 bits per heavy atom. The largest absolute Gasteiger partial charge is 0.478 e. The topological polar surface area (TPSA) is 118 Å². The van der Waals surface area contributed by atoms with Gasteiger partial charge in [0.25, 0.3) is 0 Å². The van der Waals surface area contributed by atoms with Crippen LogP contribution in [0.5, 0.6) is 0 Å². The van der Waals surface area contributed by atoms with Crippen LogP contribution in [0.1, 0.15) is 42.5 Å². The van der Waals surface area contributed by atoms with Gasteiger partial charge in [0.2, 0.25) is 10.9 Å². The normalized spacial score (nSPS) is 14.7. The van der Waals surface area contributed by atoms with Gasteiger partial charge in [0, 0.05) is 12.2 Å². The van der Waals surface area contributed by atoms with E-state index < -0.39 is 16.9 Å². The van der Waals surface area contributed by atoms with Gasteiger partial charge in [-0.1, -0.05) is 30.5 Å². The summed E-state index contributed by atoms with van der Waals surface area (Å²) < 4.78 is 27.0. The number of carbonyl (C=O) groups is 1. The molecular weight excluding hydrogens is 406 g/mol. The summed E-state index contributed by atoms with van der Waals surface area (Å²) in [6, 6.07) is 9.94. The molecular formula is C20H21N5O4S. The van der Waals surface area contributed by atoms with E-state index in [0.717, 1.165) is 32.1 Å². The van der Waals surface area contributed by atoms with Crippen LogP contribution >= 0.6 is 0 Å². The summed E-state index contributed by atoms with van der Waals surface area (Å²) in [4.78, 5) is 15.3. The van der Waals surface area contributed by atoms with E-state index in [9.17, 15) is 13.2 Å². The van der Waals surface area contributed by atoms with Gasteiger partial charge in [-0.3, -0.25) is 9.29 Å². The van der Waals surface area contributed by atoms with Crippen molar-refractivity contribution in [1.29, 1.82) is 0 Å². The molecule has 9 nitrogen and oxygen atoms in total. The van der Waals surface area contributed by atoms with Crippen molar-refractivity contribution in [3.63, 3.8) is 0 Å². The van der Waals surface area contributed by atoms with Crippen LogP contribution in [0.25, 0.3) is 17.1 Å². The third-order valence-electron chi connectivity index (χ3n) is 5.22. The van der Waals surface area contributed by atoms with E-state index in [1.807, 2.05) is 0 Å². The zero-order valence-corrected chi connectivity index (χ0v) is 17.0. The number of carboxylic acid groups (broad SMARTS) is 1. The van der Waals surface area contributed by atoms with Crippen LogP contribution in [-0.4, -0.2) is 45.5 Å².